The van der Waals surface area contributed by atoms with Crippen molar-refractivity contribution < 1.29 is 9.53 Å². The normalized spacial score (nSPS) is 26.2. The van der Waals surface area contributed by atoms with Crippen LogP contribution in [0, 0.1) is 5.92 Å². The van der Waals surface area contributed by atoms with E-state index in [0.717, 1.165) is 13.1 Å². The molecule has 1 fully saturated rings. The minimum absolute atomic E-state index is 0.194. The van der Waals surface area contributed by atoms with Gasteiger partial charge >= 0.3 is 6.09 Å². The molecular weight excluding hydrogens is 216 g/mol. The quantitative estimate of drug-likeness (QED) is 0.766. The number of nitrogens with zero attached hydrogens (tertiary/aromatic N) is 1. The van der Waals surface area contributed by atoms with Crippen LogP contribution >= 0.6 is 0 Å². The van der Waals surface area contributed by atoms with Gasteiger partial charge in [0.05, 0.1) is 0 Å². The van der Waals surface area contributed by atoms with Crippen LogP contribution in [0.2, 0.25) is 0 Å². The Balaban J connectivity index is 2.64. The summed E-state index contributed by atoms with van der Waals surface area (Å²) in [7, 11) is 0. The topological polar surface area (TPSA) is 41.6 Å². The Morgan fingerprint density at radius 3 is 2.47 bits per heavy atom. The van der Waals surface area contributed by atoms with Crippen LogP contribution in [0.25, 0.3) is 0 Å². The third kappa shape index (κ3) is 4.19. The molecule has 0 aromatic heterocycles. The van der Waals surface area contributed by atoms with Crippen LogP contribution in [-0.4, -0.2) is 41.8 Å². The van der Waals surface area contributed by atoms with Crippen LogP contribution in [0.3, 0.4) is 0 Å². The van der Waals surface area contributed by atoms with Crippen molar-refractivity contribution >= 4 is 6.09 Å². The van der Waals surface area contributed by atoms with Crippen molar-refractivity contribution in [2.24, 2.45) is 5.92 Å². The molecule has 0 saturated carbocycles. The van der Waals surface area contributed by atoms with Crippen molar-refractivity contribution in [1.82, 2.24) is 10.2 Å². The molecule has 0 spiro atoms. The van der Waals surface area contributed by atoms with Crippen molar-refractivity contribution in [1.29, 1.82) is 0 Å². The van der Waals surface area contributed by atoms with Gasteiger partial charge in [0, 0.05) is 25.2 Å². The van der Waals surface area contributed by atoms with Crippen molar-refractivity contribution in [3.8, 4) is 0 Å². The number of hydrogen-bond acceptors (Lipinski definition) is 3. The van der Waals surface area contributed by atoms with E-state index in [-0.39, 0.29) is 12.1 Å². The van der Waals surface area contributed by atoms with Gasteiger partial charge in [-0.25, -0.2) is 4.79 Å². The van der Waals surface area contributed by atoms with Crippen molar-refractivity contribution in [2.45, 2.75) is 59.2 Å². The van der Waals surface area contributed by atoms with Crippen LogP contribution in [0.15, 0.2) is 0 Å². The second-order valence-electron chi connectivity index (χ2n) is 6.24. The second-order valence-corrected chi connectivity index (χ2v) is 6.24. The van der Waals surface area contributed by atoms with Gasteiger partial charge in [0.25, 0.3) is 0 Å². The standard InChI is InChI=1S/C13H26N2O2/c1-9(2)11-8-15(10(3)7-14-11)12(16)17-13(4,5)6/h9-11,14H,7-8H2,1-6H3/t10-,11+/m0/s1. The third-order valence-corrected chi connectivity index (χ3v) is 3.03. The first-order valence-electron chi connectivity index (χ1n) is 6.43. The largest absolute Gasteiger partial charge is 0.444 e. The highest BCUT2D eigenvalue weighted by atomic mass is 16.6. The Kier molecular flexibility index (Phi) is 4.42. The van der Waals surface area contributed by atoms with Gasteiger partial charge in [0.1, 0.15) is 5.60 Å². The zero-order valence-electron chi connectivity index (χ0n) is 11.9. The molecule has 100 valence electrons. The van der Waals surface area contributed by atoms with Gasteiger partial charge in [-0.05, 0) is 33.6 Å². The van der Waals surface area contributed by atoms with Crippen LogP contribution in [0.1, 0.15) is 41.5 Å². The summed E-state index contributed by atoms with van der Waals surface area (Å²) in [6, 6.07) is 0.554. The molecule has 2 atom stereocenters. The molecule has 4 nitrogen and oxygen atoms in total. The summed E-state index contributed by atoms with van der Waals surface area (Å²) in [6.45, 7) is 13.7. The molecule has 0 aromatic rings. The van der Waals surface area contributed by atoms with Crippen LogP contribution in [0.5, 0.6) is 0 Å². The lowest BCUT2D eigenvalue weighted by atomic mass is 10.0. The second kappa shape index (κ2) is 5.25. The lowest BCUT2D eigenvalue weighted by molar-refractivity contribution is 0.00752. The number of nitrogens with one attached hydrogen (secondary N) is 1. The SMILES string of the molecule is CC(C)[C@H]1CN(C(=O)OC(C)(C)C)[C@@H](C)CN1. The predicted octanol–water partition coefficient (Wildman–Crippen LogP) is 2.24. The molecule has 4 heteroatoms. The number of carbonyl (C=O) groups is 1. The molecule has 1 amide bonds. The van der Waals surface area contributed by atoms with Gasteiger partial charge < -0.3 is 15.0 Å². The van der Waals surface area contributed by atoms with E-state index >= 15 is 0 Å². The van der Waals surface area contributed by atoms with E-state index in [4.69, 9.17) is 4.74 Å². The van der Waals surface area contributed by atoms with Crippen molar-refractivity contribution in [3.05, 3.63) is 0 Å². The summed E-state index contributed by atoms with van der Waals surface area (Å²) in [5.74, 6) is 0.521. The molecule has 1 heterocycles. The van der Waals surface area contributed by atoms with Gasteiger partial charge in [0.15, 0.2) is 0 Å². The highest BCUT2D eigenvalue weighted by Gasteiger charge is 2.32. The Morgan fingerprint density at radius 2 is 2.00 bits per heavy atom. The van der Waals surface area contributed by atoms with E-state index in [1.807, 2.05) is 32.6 Å². The lowest BCUT2D eigenvalue weighted by Gasteiger charge is -2.40. The molecule has 1 N–H and O–H groups in total. The monoisotopic (exact) mass is 242 g/mol. The summed E-state index contributed by atoms with van der Waals surface area (Å²) in [5.41, 5.74) is -0.422. The van der Waals surface area contributed by atoms with Crippen molar-refractivity contribution in [3.63, 3.8) is 0 Å². The summed E-state index contributed by atoms with van der Waals surface area (Å²) >= 11 is 0. The minimum atomic E-state index is -0.422. The predicted molar refractivity (Wildman–Crippen MR) is 69.0 cm³/mol. The minimum Gasteiger partial charge on any atom is -0.444 e. The fourth-order valence-corrected chi connectivity index (χ4v) is 1.91. The summed E-state index contributed by atoms with van der Waals surface area (Å²) in [4.78, 5) is 13.9. The first-order chi connectivity index (χ1) is 7.70. The molecule has 1 aliphatic rings. The molecule has 1 aliphatic heterocycles. The van der Waals surface area contributed by atoms with Gasteiger partial charge in [-0.15, -0.1) is 0 Å². The molecular formula is C13H26N2O2. The molecule has 0 unspecified atom stereocenters. The fraction of sp³-hybridized carbons (Fsp3) is 0.923. The summed E-state index contributed by atoms with van der Waals surface area (Å²) in [6.07, 6.45) is -0.197. The number of hydrogen-bond donors (Lipinski definition) is 1. The molecule has 0 aliphatic carbocycles. The number of piperazine rings is 1. The maximum absolute atomic E-state index is 12.1. The zero-order chi connectivity index (χ0) is 13.2. The van der Waals surface area contributed by atoms with Crippen LogP contribution in [0.4, 0.5) is 4.79 Å². The molecule has 0 aromatic carbocycles. The Morgan fingerprint density at radius 1 is 1.41 bits per heavy atom. The van der Waals surface area contributed by atoms with Crippen LogP contribution < -0.4 is 5.32 Å². The smallest absolute Gasteiger partial charge is 0.410 e. The van der Waals surface area contributed by atoms with E-state index in [0.29, 0.717) is 12.0 Å². The van der Waals surface area contributed by atoms with Crippen molar-refractivity contribution in [2.75, 3.05) is 13.1 Å². The zero-order valence-corrected chi connectivity index (χ0v) is 11.9. The van der Waals surface area contributed by atoms with Crippen LogP contribution in [-0.2, 0) is 4.74 Å². The van der Waals surface area contributed by atoms with Gasteiger partial charge in [0.2, 0.25) is 0 Å². The van der Waals surface area contributed by atoms with E-state index in [1.54, 1.807) is 0 Å². The third-order valence-electron chi connectivity index (χ3n) is 3.03. The lowest BCUT2D eigenvalue weighted by Crippen LogP contribution is -2.59. The highest BCUT2D eigenvalue weighted by molar-refractivity contribution is 5.68. The maximum atomic E-state index is 12.1. The molecule has 1 saturated heterocycles. The van der Waals surface area contributed by atoms with Gasteiger partial charge in [-0.2, -0.15) is 0 Å². The Hall–Kier alpha value is -0.770. The molecule has 0 radical (unpaired) electrons. The van der Waals surface area contributed by atoms with E-state index < -0.39 is 5.60 Å². The molecule has 0 bridgehead atoms. The molecule has 1 rings (SSSR count). The first kappa shape index (κ1) is 14.3. The molecule has 17 heavy (non-hydrogen) atoms. The number of amides is 1. The van der Waals surface area contributed by atoms with E-state index in [9.17, 15) is 4.79 Å². The highest BCUT2D eigenvalue weighted by Crippen LogP contribution is 2.17. The van der Waals surface area contributed by atoms with Gasteiger partial charge in [-0.3, -0.25) is 0 Å². The Bertz CT molecular complexity index is 271. The first-order valence-corrected chi connectivity index (χ1v) is 6.43. The number of rotatable bonds is 1. The van der Waals surface area contributed by atoms with E-state index in [2.05, 4.69) is 19.2 Å². The summed E-state index contributed by atoms with van der Waals surface area (Å²) in [5, 5.41) is 3.47. The average molecular weight is 242 g/mol. The summed E-state index contributed by atoms with van der Waals surface area (Å²) < 4.78 is 5.43. The Labute approximate surface area is 105 Å². The number of ether oxygens (including phenoxy) is 1. The van der Waals surface area contributed by atoms with E-state index in [1.165, 1.54) is 0 Å². The van der Waals surface area contributed by atoms with Gasteiger partial charge in [-0.1, -0.05) is 13.8 Å². The maximum Gasteiger partial charge on any atom is 0.410 e. The number of carbonyl (C=O) groups excluding carboxylic acids is 1. The fourth-order valence-electron chi connectivity index (χ4n) is 1.91. The average Bonchev–Trinajstić information content (AvgIpc) is 2.14.